The molecular formula is C20H21ClFNO2. The number of carbonyl (C=O) groups is 1. The van der Waals surface area contributed by atoms with Gasteiger partial charge >= 0.3 is 0 Å². The van der Waals surface area contributed by atoms with E-state index in [1.54, 1.807) is 19.1 Å². The number of carbonyl (C=O) groups excluding carboxylic acids is 1. The van der Waals surface area contributed by atoms with Crippen molar-refractivity contribution in [2.24, 2.45) is 5.92 Å². The second-order valence-corrected chi connectivity index (χ2v) is 7.30. The minimum Gasteiger partial charge on any atom is -0.384 e. The van der Waals surface area contributed by atoms with E-state index in [1.807, 2.05) is 12.1 Å². The first-order valence-electron chi connectivity index (χ1n) is 8.38. The molecule has 0 bridgehead atoms. The molecule has 1 saturated carbocycles. The first-order valence-corrected chi connectivity index (χ1v) is 8.76. The number of hydrogen-bond donors (Lipinski definition) is 2. The van der Waals surface area contributed by atoms with E-state index in [4.69, 9.17) is 11.6 Å². The SMILES string of the molecule is CC(O)(CNC(=O)C(c1ccc(Cl)cc1)C1CC1)c1ccc(F)cc1. The highest BCUT2D eigenvalue weighted by atomic mass is 35.5. The van der Waals surface area contributed by atoms with Crippen molar-refractivity contribution in [2.45, 2.75) is 31.3 Å². The quantitative estimate of drug-likeness (QED) is 0.817. The minimum absolute atomic E-state index is 0.0638. The highest BCUT2D eigenvalue weighted by Gasteiger charge is 2.38. The molecule has 2 unspecified atom stereocenters. The van der Waals surface area contributed by atoms with Gasteiger partial charge in [0.2, 0.25) is 5.91 Å². The van der Waals surface area contributed by atoms with Crippen LogP contribution in [0.15, 0.2) is 48.5 Å². The van der Waals surface area contributed by atoms with E-state index < -0.39 is 5.60 Å². The third-order valence-electron chi connectivity index (χ3n) is 4.68. The minimum atomic E-state index is -1.27. The number of amides is 1. The summed E-state index contributed by atoms with van der Waals surface area (Å²) >= 11 is 5.93. The predicted molar refractivity (Wildman–Crippen MR) is 95.9 cm³/mol. The highest BCUT2D eigenvalue weighted by molar-refractivity contribution is 6.30. The van der Waals surface area contributed by atoms with E-state index in [1.165, 1.54) is 24.3 Å². The molecule has 0 saturated heterocycles. The van der Waals surface area contributed by atoms with Gasteiger partial charge in [0.1, 0.15) is 11.4 Å². The molecule has 1 aliphatic carbocycles. The van der Waals surface area contributed by atoms with Gasteiger partial charge in [-0.3, -0.25) is 4.79 Å². The summed E-state index contributed by atoms with van der Waals surface area (Å²) in [7, 11) is 0. The van der Waals surface area contributed by atoms with Crippen molar-refractivity contribution in [3.05, 3.63) is 70.5 Å². The number of nitrogens with one attached hydrogen (secondary N) is 1. The smallest absolute Gasteiger partial charge is 0.227 e. The highest BCUT2D eigenvalue weighted by Crippen LogP contribution is 2.43. The van der Waals surface area contributed by atoms with Gasteiger partial charge in [0.15, 0.2) is 0 Å². The average Bonchev–Trinajstić information content (AvgIpc) is 3.40. The van der Waals surface area contributed by atoms with Gasteiger partial charge < -0.3 is 10.4 Å². The van der Waals surface area contributed by atoms with Crippen LogP contribution in [-0.4, -0.2) is 17.6 Å². The lowest BCUT2D eigenvalue weighted by Crippen LogP contribution is -2.41. The second kappa shape index (κ2) is 7.14. The molecule has 0 aromatic heterocycles. The van der Waals surface area contributed by atoms with E-state index in [-0.39, 0.29) is 24.2 Å². The molecular weight excluding hydrogens is 341 g/mol. The fourth-order valence-corrected chi connectivity index (χ4v) is 3.14. The summed E-state index contributed by atoms with van der Waals surface area (Å²) in [5.74, 6) is -0.370. The Morgan fingerprint density at radius 3 is 2.40 bits per heavy atom. The first-order chi connectivity index (χ1) is 11.9. The normalized spacial score (nSPS) is 17.6. The fraction of sp³-hybridized carbons (Fsp3) is 0.350. The number of aliphatic hydroxyl groups is 1. The van der Waals surface area contributed by atoms with Crippen LogP contribution in [0.5, 0.6) is 0 Å². The van der Waals surface area contributed by atoms with Crippen molar-refractivity contribution in [3.8, 4) is 0 Å². The Morgan fingerprint density at radius 1 is 1.24 bits per heavy atom. The molecule has 3 nitrogen and oxygen atoms in total. The Labute approximate surface area is 151 Å². The Kier molecular flexibility index (Phi) is 5.11. The van der Waals surface area contributed by atoms with Crippen LogP contribution in [0.4, 0.5) is 4.39 Å². The van der Waals surface area contributed by atoms with Gasteiger partial charge in [-0.1, -0.05) is 35.9 Å². The van der Waals surface area contributed by atoms with Gasteiger partial charge in [0.05, 0.1) is 12.5 Å². The third kappa shape index (κ3) is 4.39. The molecule has 2 aromatic rings. The van der Waals surface area contributed by atoms with Crippen LogP contribution in [0.3, 0.4) is 0 Å². The summed E-state index contributed by atoms with van der Waals surface area (Å²) < 4.78 is 13.0. The lowest BCUT2D eigenvalue weighted by atomic mass is 9.92. The van der Waals surface area contributed by atoms with Crippen molar-refractivity contribution in [3.63, 3.8) is 0 Å². The molecule has 1 aliphatic rings. The lowest BCUT2D eigenvalue weighted by Gasteiger charge is -2.26. The molecule has 2 aromatic carbocycles. The van der Waals surface area contributed by atoms with Gasteiger partial charge in [-0.05, 0) is 61.1 Å². The van der Waals surface area contributed by atoms with Crippen LogP contribution >= 0.6 is 11.6 Å². The Hall–Kier alpha value is -1.91. The van der Waals surface area contributed by atoms with E-state index >= 15 is 0 Å². The zero-order valence-electron chi connectivity index (χ0n) is 14.0. The van der Waals surface area contributed by atoms with Crippen LogP contribution in [0.25, 0.3) is 0 Å². The van der Waals surface area contributed by atoms with Crippen molar-refractivity contribution in [2.75, 3.05) is 6.54 Å². The number of rotatable bonds is 6. The summed E-state index contributed by atoms with van der Waals surface area (Å²) in [6, 6.07) is 13.0. The predicted octanol–water partition coefficient (Wildman–Crippen LogP) is 4.00. The second-order valence-electron chi connectivity index (χ2n) is 6.87. The Balaban J connectivity index is 1.69. The molecule has 132 valence electrons. The summed E-state index contributed by atoms with van der Waals surface area (Å²) in [4.78, 5) is 12.7. The summed E-state index contributed by atoms with van der Waals surface area (Å²) in [5, 5.41) is 14.1. The molecule has 0 spiro atoms. The topological polar surface area (TPSA) is 49.3 Å². The molecule has 5 heteroatoms. The zero-order valence-corrected chi connectivity index (χ0v) is 14.8. The van der Waals surface area contributed by atoms with Crippen LogP contribution in [0.1, 0.15) is 36.8 Å². The van der Waals surface area contributed by atoms with E-state index in [0.29, 0.717) is 16.5 Å². The van der Waals surface area contributed by atoms with E-state index in [9.17, 15) is 14.3 Å². The molecule has 0 aliphatic heterocycles. The van der Waals surface area contributed by atoms with Crippen molar-refractivity contribution in [1.29, 1.82) is 0 Å². The Morgan fingerprint density at radius 2 is 1.84 bits per heavy atom. The maximum absolute atomic E-state index is 13.0. The Bertz CT molecular complexity index is 739. The van der Waals surface area contributed by atoms with E-state index in [2.05, 4.69) is 5.32 Å². The largest absolute Gasteiger partial charge is 0.384 e. The monoisotopic (exact) mass is 361 g/mol. The summed E-state index contributed by atoms with van der Waals surface area (Å²) in [5.41, 5.74) is 0.228. The molecule has 3 rings (SSSR count). The number of halogens is 2. The van der Waals surface area contributed by atoms with Gasteiger partial charge in [-0.15, -0.1) is 0 Å². The van der Waals surface area contributed by atoms with Crippen LogP contribution in [-0.2, 0) is 10.4 Å². The first kappa shape index (κ1) is 17.9. The van der Waals surface area contributed by atoms with Gasteiger partial charge in [0, 0.05) is 5.02 Å². The van der Waals surface area contributed by atoms with Crippen molar-refractivity contribution < 1.29 is 14.3 Å². The molecule has 0 radical (unpaired) electrons. The molecule has 1 amide bonds. The maximum atomic E-state index is 13.0. The average molecular weight is 362 g/mol. The maximum Gasteiger partial charge on any atom is 0.227 e. The fourth-order valence-electron chi connectivity index (χ4n) is 3.02. The van der Waals surface area contributed by atoms with Crippen LogP contribution in [0.2, 0.25) is 5.02 Å². The molecule has 0 heterocycles. The molecule has 2 N–H and O–H groups in total. The van der Waals surface area contributed by atoms with Gasteiger partial charge in [-0.25, -0.2) is 4.39 Å². The summed E-state index contributed by atoms with van der Waals surface area (Å²) in [6.45, 7) is 1.67. The molecule has 25 heavy (non-hydrogen) atoms. The number of benzene rings is 2. The van der Waals surface area contributed by atoms with E-state index in [0.717, 1.165) is 18.4 Å². The van der Waals surface area contributed by atoms with Crippen molar-refractivity contribution in [1.82, 2.24) is 5.32 Å². The van der Waals surface area contributed by atoms with Crippen LogP contribution in [0, 0.1) is 11.7 Å². The van der Waals surface area contributed by atoms with Crippen molar-refractivity contribution >= 4 is 17.5 Å². The van der Waals surface area contributed by atoms with Gasteiger partial charge in [-0.2, -0.15) is 0 Å². The molecule has 1 fully saturated rings. The number of hydrogen-bond acceptors (Lipinski definition) is 2. The molecule has 2 atom stereocenters. The van der Waals surface area contributed by atoms with Gasteiger partial charge in [0.25, 0.3) is 0 Å². The zero-order chi connectivity index (χ0) is 18.0. The summed E-state index contributed by atoms with van der Waals surface area (Å²) in [6.07, 6.45) is 2.05. The van der Waals surface area contributed by atoms with Crippen LogP contribution < -0.4 is 5.32 Å². The standard InChI is InChI=1S/C20H21ClFNO2/c1-20(25,15-6-10-17(22)11-7-15)12-23-19(24)18(13-2-3-13)14-4-8-16(21)9-5-14/h4-11,13,18,25H,2-3,12H2,1H3,(H,23,24). The third-order valence-corrected chi connectivity index (χ3v) is 4.93. The lowest BCUT2D eigenvalue weighted by molar-refractivity contribution is -0.124.